The maximum atomic E-state index is 11.7. The predicted octanol–water partition coefficient (Wildman–Crippen LogP) is 3.13. The zero-order valence-electron chi connectivity index (χ0n) is 13.0. The molecule has 1 aliphatic rings. The van der Waals surface area contributed by atoms with Crippen LogP contribution in [-0.4, -0.2) is 53.7 Å². The molecule has 1 fully saturated rings. The summed E-state index contributed by atoms with van der Waals surface area (Å²) in [5.74, 6) is 0. The van der Waals surface area contributed by atoms with E-state index in [4.69, 9.17) is 4.74 Å². The summed E-state index contributed by atoms with van der Waals surface area (Å²) in [5.41, 5.74) is 2.30. The second-order valence-corrected chi connectivity index (χ2v) is 6.42. The highest BCUT2D eigenvalue weighted by atomic mass is 32.1. The van der Waals surface area contributed by atoms with Gasteiger partial charge in [-0.2, -0.15) is 0 Å². The average molecular weight is 319 g/mol. The molecular formula is C16H21N3O2S. The molecule has 0 spiro atoms. The quantitative estimate of drug-likeness (QED) is 0.872. The standard InChI is InChI=1S/C16H21N3O2S/c1-3-21-16(20)19-7-5-18(6-8-19)12(2)13-10-15-14(17-11-13)4-9-22-15/h4,9-12H,3,5-8H2,1-2H3/t12-/m0/s1. The van der Waals surface area contributed by atoms with E-state index in [1.54, 1.807) is 16.2 Å². The first-order chi connectivity index (χ1) is 10.7. The van der Waals surface area contributed by atoms with Crippen LogP contribution in [0.3, 0.4) is 0 Å². The van der Waals surface area contributed by atoms with Gasteiger partial charge >= 0.3 is 6.09 Å². The average Bonchev–Trinajstić information content (AvgIpc) is 3.02. The molecule has 0 aromatic carbocycles. The second-order valence-electron chi connectivity index (χ2n) is 5.47. The van der Waals surface area contributed by atoms with E-state index < -0.39 is 0 Å². The molecule has 3 rings (SSSR count). The summed E-state index contributed by atoms with van der Waals surface area (Å²) < 4.78 is 6.29. The molecule has 118 valence electrons. The zero-order valence-corrected chi connectivity index (χ0v) is 13.8. The van der Waals surface area contributed by atoms with Crippen molar-refractivity contribution in [2.75, 3.05) is 32.8 Å². The number of thiophene rings is 1. The third kappa shape index (κ3) is 3.08. The van der Waals surface area contributed by atoms with Gasteiger partial charge in [-0.25, -0.2) is 4.79 Å². The van der Waals surface area contributed by atoms with Crippen LogP contribution in [0, 0.1) is 0 Å². The number of carbonyl (C=O) groups is 1. The van der Waals surface area contributed by atoms with Gasteiger partial charge in [-0.3, -0.25) is 9.88 Å². The summed E-state index contributed by atoms with van der Waals surface area (Å²) in [4.78, 5) is 20.4. The van der Waals surface area contributed by atoms with Gasteiger partial charge in [0.05, 0.1) is 16.8 Å². The Morgan fingerprint density at radius 2 is 2.18 bits per heavy atom. The largest absolute Gasteiger partial charge is 0.450 e. The van der Waals surface area contributed by atoms with Crippen molar-refractivity contribution in [2.24, 2.45) is 0 Å². The van der Waals surface area contributed by atoms with E-state index in [0.717, 1.165) is 31.7 Å². The van der Waals surface area contributed by atoms with Crippen LogP contribution in [0.1, 0.15) is 25.5 Å². The smallest absolute Gasteiger partial charge is 0.409 e. The first-order valence-corrected chi connectivity index (χ1v) is 8.56. The van der Waals surface area contributed by atoms with Gasteiger partial charge in [0.25, 0.3) is 0 Å². The maximum Gasteiger partial charge on any atom is 0.409 e. The van der Waals surface area contributed by atoms with Gasteiger partial charge in [0.1, 0.15) is 0 Å². The van der Waals surface area contributed by atoms with E-state index in [-0.39, 0.29) is 6.09 Å². The highest BCUT2D eigenvalue weighted by Crippen LogP contribution is 2.26. The number of rotatable bonds is 3. The van der Waals surface area contributed by atoms with Crippen LogP contribution in [0.15, 0.2) is 23.7 Å². The van der Waals surface area contributed by atoms with E-state index in [1.165, 1.54) is 10.3 Å². The SMILES string of the molecule is CCOC(=O)N1CCN([C@@H](C)c2cnc3ccsc3c2)CC1. The fraction of sp³-hybridized carbons (Fsp3) is 0.500. The first-order valence-electron chi connectivity index (χ1n) is 7.68. The summed E-state index contributed by atoms with van der Waals surface area (Å²) >= 11 is 1.72. The monoisotopic (exact) mass is 319 g/mol. The number of fused-ring (bicyclic) bond motifs is 1. The summed E-state index contributed by atoms with van der Waals surface area (Å²) in [6.45, 7) is 7.64. The molecule has 0 N–H and O–H groups in total. The van der Waals surface area contributed by atoms with Crippen LogP contribution in [0.2, 0.25) is 0 Å². The minimum absolute atomic E-state index is 0.198. The van der Waals surface area contributed by atoms with E-state index in [1.807, 2.05) is 19.2 Å². The molecule has 0 radical (unpaired) electrons. The number of hydrogen-bond acceptors (Lipinski definition) is 5. The Balaban J connectivity index is 1.64. The molecule has 0 bridgehead atoms. The Bertz CT molecular complexity index is 650. The molecule has 2 aromatic rings. The Morgan fingerprint density at radius 1 is 1.41 bits per heavy atom. The predicted molar refractivity (Wildman–Crippen MR) is 88.2 cm³/mol. The molecule has 0 aliphatic carbocycles. The lowest BCUT2D eigenvalue weighted by molar-refractivity contribution is 0.0686. The number of aromatic nitrogens is 1. The topological polar surface area (TPSA) is 45.7 Å². The Morgan fingerprint density at radius 3 is 2.91 bits per heavy atom. The number of pyridine rings is 1. The van der Waals surface area contributed by atoms with E-state index in [9.17, 15) is 4.79 Å². The second kappa shape index (κ2) is 6.62. The Hall–Kier alpha value is -1.66. The highest BCUT2D eigenvalue weighted by Gasteiger charge is 2.25. The van der Waals surface area contributed by atoms with Gasteiger partial charge in [-0.15, -0.1) is 11.3 Å². The number of hydrogen-bond donors (Lipinski definition) is 0. The molecular weight excluding hydrogens is 298 g/mol. The molecule has 1 saturated heterocycles. The van der Waals surface area contributed by atoms with E-state index in [2.05, 4.69) is 28.3 Å². The number of amides is 1. The minimum Gasteiger partial charge on any atom is -0.450 e. The van der Waals surface area contributed by atoms with Gasteiger partial charge in [0.15, 0.2) is 0 Å². The molecule has 0 unspecified atom stereocenters. The third-order valence-corrected chi connectivity index (χ3v) is 5.05. The lowest BCUT2D eigenvalue weighted by atomic mass is 10.1. The van der Waals surface area contributed by atoms with Crippen molar-refractivity contribution in [3.8, 4) is 0 Å². The van der Waals surface area contributed by atoms with Crippen LogP contribution in [0.25, 0.3) is 10.2 Å². The van der Waals surface area contributed by atoms with Crippen molar-refractivity contribution in [2.45, 2.75) is 19.9 Å². The molecule has 3 heterocycles. The van der Waals surface area contributed by atoms with E-state index >= 15 is 0 Å². The van der Waals surface area contributed by atoms with Crippen LogP contribution >= 0.6 is 11.3 Å². The lowest BCUT2D eigenvalue weighted by Gasteiger charge is -2.37. The molecule has 1 amide bonds. The molecule has 0 saturated carbocycles. The number of carbonyl (C=O) groups excluding carboxylic acids is 1. The van der Waals surface area contributed by atoms with Gasteiger partial charge in [-0.1, -0.05) is 0 Å². The summed E-state index contributed by atoms with van der Waals surface area (Å²) in [6, 6.07) is 4.59. The minimum atomic E-state index is -0.198. The van der Waals surface area contributed by atoms with Crippen LogP contribution < -0.4 is 0 Å². The highest BCUT2D eigenvalue weighted by molar-refractivity contribution is 7.17. The van der Waals surface area contributed by atoms with Crippen LogP contribution in [0.4, 0.5) is 4.79 Å². The Kier molecular flexibility index (Phi) is 4.59. The zero-order chi connectivity index (χ0) is 15.5. The number of nitrogens with zero attached hydrogens (tertiary/aromatic N) is 3. The fourth-order valence-corrected chi connectivity index (χ4v) is 3.60. The van der Waals surface area contributed by atoms with Crippen molar-refractivity contribution < 1.29 is 9.53 Å². The molecule has 2 aromatic heterocycles. The normalized spacial score (nSPS) is 17.6. The van der Waals surface area contributed by atoms with Crippen molar-refractivity contribution in [3.05, 3.63) is 29.3 Å². The summed E-state index contributed by atoms with van der Waals surface area (Å²) in [5, 5.41) is 2.07. The number of piperazine rings is 1. The molecule has 1 atom stereocenters. The lowest BCUT2D eigenvalue weighted by Crippen LogP contribution is -2.49. The first kappa shape index (κ1) is 15.2. The number of ether oxygens (including phenoxy) is 1. The Labute approximate surface area is 134 Å². The van der Waals surface area contributed by atoms with Crippen molar-refractivity contribution >= 4 is 27.6 Å². The van der Waals surface area contributed by atoms with Crippen molar-refractivity contribution in [1.82, 2.24) is 14.8 Å². The van der Waals surface area contributed by atoms with Gasteiger partial charge in [0, 0.05) is 38.4 Å². The molecule has 1 aliphatic heterocycles. The summed E-state index contributed by atoms with van der Waals surface area (Å²) in [7, 11) is 0. The molecule has 6 heteroatoms. The molecule has 5 nitrogen and oxygen atoms in total. The fourth-order valence-electron chi connectivity index (χ4n) is 2.81. The third-order valence-electron chi connectivity index (χ3n) is 4.19. The van der Waals surface area contributed by atoms with Gasteiger partial charge in [0.2, 0.25) is 0 Å². The molecule has 22 heavy (non-hydrogen) atoms. The summed E-state index contributed by atoms with van der Waals surface area (Å²) in [6.07, 6.45) is 1.77. The van der Waals surface area contributed by atoms with Crippen LogP contribution in [-0.2, 0) is 4.74 Å². The van der Waals surface area contributed by atoms with E-state index in [0.29, 0.717) is 12.6 Å². The van der Waals surface area contributed by atoms with Gasteiger partial charge < -0.3 is 9.64 Å². The van der Waals surface area contributed by atoms with Crippen molar-refractivity contribution in [3.63, 3.8) is 0 Å². The maximum absolute atomic E-state index is 11.7. The van der Waals surface area contributed by atoms with Gasteiger partial charge in [-0.05, 0) is 36.9 Å². The van der Waals surface area contributed by atoms with Crippen molar-refractivity contribution in [1.29, 1.82) is 0 Å². The van der Waals surface area contributed by atoms with Crippen LogP contribution in [0.5, 0.6) is 0 Å².